The van der Waals surface area contributed by atoms with Crippen LogP contribution in [-0.2, 0) is 0 Å². The Labute approximate surface area is 155 Å². The van der Waals surface area contributed by atoms with Crippen LogP contribution in [-0.4, -0.2) is 34.2 Å². The lowest BCUT2D eigenvalue weighted by Gasteiger charge is -2.55. The fourth-order valence-corrected chi connectivity index (χ4v) is 7.13. The number of nitrogens with zero attached hydrogens (tertiary/aromatic N) is 1. The maximum atomic E-state index is 10.5. The van der Waals surface area contributed by atoms with E-state index in [1.807, 2.05) is 0 Å². The van der Waals surface area contributed by atoms with E-state index < -0.39 is 0 Å². The average Bonchev–Trinajstić information content (AvgIpc) is 2.67. The van der Waals surface area contributed by atoms with Gasteiger partial charge in [0.1, 0.15) is 0 Å². The van der Waals surface area contributed by atoms with Gasteiger partial charge in [-0.2, -0.15) is 0 Å². The molecule has 4 rings (SSSR count). The normalized spacial score (nSPS) is 41.2. The molecule has 6 atom stereocenters. The van der Waals surface area contributed by atoms with Crippen LogP contribution in [0.4, 0.5) is 0 Å². The minimum Gasteiger partial charge on any atom is -0.393 e. The van der Waals surface area contributed by atoms with Gasteiger partial charge in [0.15, 0.2) is 0 Å². The molecule has 2 heteroatoms. The molecule has 144 valence electrons. The molecule has 4 saturated carbocycles. The van der Waals surface area contributed by atoms with E-state index in [-0.39, 0.29) is 6.10 Å². The molecule has 1 N–H and O–H groups in total. The molecule has 25 heavy (non-hydrogen) atoms. The van der Waals surface area contributed by atoms with Crippen molar-refractivity contribution >= 4 is 0 Å². The van der Waals surface area contributed by atoms with Gasteiger partial charge in [0.25, 0.3) is 0 Å². The summed E-state index contributed by atoms with van der Waals surface area (Å²) in [5.41, 5.74) is 0. The first-order valence-electron chi connectivity index (χ1n) is 11.7. The third kappa shape index (κ3) is 3.68. The smallest absolute Gasteiger partial charge is 0.0583 e. The van der Waals surface area contributed by atoms with Gasteiger partial charge in [-0.05, 0) is 56.8 Å². The van der Waals surface area contributed by atoms with Crippen molar-refractivity contribution in [3.8, 4) is 0 Å². The third-order valence-electron chi connectivity index (χ3n) is 8.50. The highest BCUT2D eigenvalue weighted by Gasteiger charge is 2.46. The fraction of sp³-hybridized carbons (Fsp3) is 1.00. The Morgan fingerprint density at radius 3 is 2.20 bits per heavy atom. The van der Waals surface area contributed by atoms with Gasteiger partial charge in [0.05, 0.1) is 6.10 Å². The molecule has 0 spiro atoms. The highest BCUT2D eigenvalue weighted by Crippen LogP contribution is 2.47. The second-order valence-corrected chi connectivity index (χ2v) is 9.73. The zero-order chi connectivity index (χ0) is 17.2. The highest BCUT2D eigenvalue weighted by molar-refractivity contribution is 4.99. The molecule has 0 saturated heterocycles. The summed E-state index contributed by atoms with van der Waals surface area (Å²) in [5, 5.41) is 10.5. The molecular formula is C23H41NO. The predicted molar refractivity (Wildman–Crippen MR) is 105 cm³/mol. The van der Waals surface area contributed by atoms with Crippen LogP contribution in [0.3, 0.4) is 0 Å². The first-order chi connectivity index (χ1) is 12.3. The number of rotatable bonds is 5. The Morgan fingerprint density at radius 1 is 0.800 bits per heavy atom. The summed E-state index contributed by atoms with van der Waals surface area (Å²) in [7, 11) is 0. The molecule has 0 amide bonds. The largest absolute Gasteiger partial charge is 0.393 e. The summed E-state index contributed by atoms with van der Waals surface area (Å²) in [6, 6.07) is 2.30. The summed E-state index contributed by atoms with van der Waals surface area (Å²) in [5.74, 6) is 2.55. The third-order valence-corrected chi connectivity index (χ3v) is 8.50. The van der Waals surface area contributed by atoms with Gasteiger partial charge in [-0.3, -0.25) is 4.90 Å². The minimum absolute atomic E-state index is 0.0122. The monoisotopic (exact) mass is 347 g/mol. The first-order valence-corrected chi connectivity index (χ1v) is 11.7. The molecule has 4 aliphatic carbocycles. The number of hydrogen-bond acceptors (Lipinski definition) is 2. The maximum Gasteiger partial charge on any atom is 0.0583 e. The van der Waals surface area contributed by atoms with Crippen LogP contribution >= 0.6 is 0 Å². The SMILES string of the molecule is CCC([C@H]1CC[C@H]1O)N(C1CCCCC1)C1CCCC2CCCCC21. The second-order valence-electron chi connectivity index (χ2n) is 9.73. The molecular weight excluding hydrogens is 306 g/mol. The zero-order valence-corrected chi connectivity index (χ0v) is 16.5. The van der Waals surface area contributed by atoms with Crippen molar-refractivity contribution in [3.05, 3.63) is 0 Å². The van der Waals surface area contributed by atoms with Gasteiger partial charge >= 0.3 is 0 Å². The molecule has 0 aliphatic heterocycles. The molecule has 0 aromatic rings. The van der Waals surface area contributed by atoms with E-state index in [0.29, 0.717) is 12.0 Å². The van der Waals surface area contributed by atoms with E-state index in [2.05, 4.69) is 11.8 Å². The molecule has 4 fully saturated rings. The number of fused-ring (bicyclic) bond motifs is 1. The Kier molecular flexibility index (Phi) is 6.07. The van der Waals surface area contributed by atoms with Crippen LogP contribution < -0.4 is 0 Å². The van der Waals surface area contributed by atoms with Gasteiger partial charge in [0.2, 0.25) is 0 Å². The van der Waals surface area contributed by atoms with Gasteiger partial charge in [-0.15, -0.1) is 0 Å². The van der Waals surface area contributed by atoms with E-state index in [9.17, 15) is 5.11 Å². The van der Waals surface area contributed by atoms with Crippen molar-refractivity contribution in [2.45, 2.75) is 127 Å². The molecule has 4 unspecified atom stereocenters. The number of aliphatic hydroxyl groups excluding tert-OH is 1. The van der Waals surface area contributed by atoms with Crippen LogP contribution in [0.1, 0.15) is 103 Å². The molecule has 4 aliphatic rings. The molecule has 0 radical (unpaired) electrons. The molecule has 0 aromatic heterocycles. The van der Waals surface area contributed by atoms with Crippen molar-refractivity contribution in [1.29, 1.82) is 0 Å². The lowest BCUT2D eigenvalue weighted by Crippen LogP contribution is -2.60. The minimum atomic E-state index is -0.0122. The topological polar surface area (TPSA) is 23.5 Å². The molecule has 0 aromatic carbocycles. The van der Waals surface area contributed by atoms with E-state index in [4.69, 9.17) is 0 Å². The Balaban J connectivity index is 1.59. The van der Waals surface area contributed by atoms with Crippen LogP contribution in [0, 0.1) is 17.8 Å². The van der Waals surface area contributed by atoms with E-state index in [1.54, 1.807) is 0 Å². The standard InChI is InChI=1S/C23H41NO/c1-2-21(20-15-16-23(20)25)24(18-11-4-3-5-12-18)22-14-8-10-17-9-6-7-13-19(17)22/h17-23,25H,2-16H2,1H3/t17?,19?,20-,21?,22?,23-/m1/s1. The van der Waals surface area contributed by atoms with E-state index in [0.717, 1.165) is 30.3 Å². The lowest BCUT2D eigenvalue weighted by molar-refractivity contribution is -0.0887. The Bertz CT molecular complexity index is 416. The Hall–Kier alpha value is -0.0800. The van der Waals surface area contributed by atoms with Crippen LogP contribution in [0.25, 0.3) is 0 Å². The summed E-state index contributed by atoms with van der Waals surface area (Å²) in [4.78, 5) is 3.06. The quantitative estimate of drug-likeness (QED) is 0.707. The van der Waals surface area contributed by atoms with Crippen molar-refractivity contribution < 1.29 is 5.11 Å². The van der Waals surface area contributed by atoms with Crippen molar-refractivity contribution in [2.75, 3.05) is 0 Å². The number of hydrogen-bond donors (Lipinski definition) is 1. The average molecular weight is 348 g/mol. The molecule has 0 heterocycles. The van der Waals surface area contributed by atoms with Crippen molar-refractivity contribution in [3.63, 3.8) is 0 Å². The summed E-state index contributed by atoms with van der Waals surface area (Å²) in [6.45, 7) is 2.40. The Morgan fingerprint density at radius 2 is 1.52 bits per heavy atom. The van der Waals surface area contributed by atoms with E-state index >= 15 is 0 Å². The van der Waals surface area contributed by atoms with Gasteiger partial charge in [-0.25, -0.2) is 0 Å². The second kappa shape index (κ2) is 8.30. The molecule has 0 bridgehead atoms. The summed E-state index contributed by atoms with van der Waals surface area (Å²) >= 11 is 0. The van der Waals surface area contributed by atoms with Crippen LogP contribution in [0.5, 0.6) is 0 Å². The summed E-state index contributed by atoms with van der Waals surface area (Å²) in [6.07, 6.45) is 21.1. The number of aliphatic hydroxyl groups is 1. The predicted octanol–water partition coefficient (Wildman–Crippen LogP) is 5.53. The first kappa shape index (κ1) is 18.3. The van der Waals surface area contributed by atoms with Gasteiger partial charge in [-0.1, -0.05) is 58.3 Å². The van der Waals surface area contributed by atoms with E-state index in [1.165, 1.54) is 89.9 Å². The van der Waals surface area contributed by atoms with Crippen molar-refractivity contribution in [1.82, 2.24) is 4.90 Å². The van der Waals surface area contributed by atoms with Gasteiger partial charge < -0.3 is 5.11 Å². The van der Waals surface area contributed by atoms with Crippen LogP contribution in [0.2, 0.25) is 0 Å². The zero-order valence-electron chi connectivity index (χ0n) is 16.5. The lowest BCUT2D eigenvalue weighted by atomic mass is 9.66. The fourth-order valence-electron chi connectivity index (χ4n) is 7.13. The highest BCUT2D eigenvalue weighted by atomic mass is 16.3. The van der Waals surface area contributed by atoms with Gasteiger partial charge in [0, 0.05) is 24.0 Å². The molecule has 2 nitrogen and oxygen atoms in total. The maximum absolute atomic E-state index is 10.5. The van der Waals surface area contributed by atoms with Crippen LogP contribution in [0.15, 0.2) is 0 Å². The summed E-state index contributed by atoms with van der Waals surface area (Å²) < 4.78 is 0. The van der Waals surface area contributed by atoms with Crippen molar-refractivity contribution in [2.24, 2.45) is 17.8 Å².